The molecule has 1 aliphatic heterocycles. The van der Waals surface area contributed by atoms with Gasteiger partial charge < -0.3 is 103 Å². The zero-order chi connectivity index (χ0) is 76.6. The first kappa shape index (κ1) is 86.8. The van der Waals surface area contributed by atoms with Crippen LogP contribution in [-0.4, -0.2) is 216 Å². The van der Waals surface area contributed by atoms with Crippen LogP contribution in [0.1, 0.15) is 122 Å². The third-order valence-electron chi connectivity index (χ3n) is 16.9. The number of aliphatic imine (C=N–C) groups is 3. The number of unbranched alkanes of at least 4 members (excludes halogenated alkanes) is 1. The average Bonchev–Trinajstić information content (AvgIpc) is 1.78. The zero-order valence-corrected chi connectivity index (χ0v) is 59.7. The van der Waals surface area contributed by atoms with Crippen molar-refractivity contribution in [3.05, 3.63) is 91.0 Å². The number of aliphatic carboxylic acids is 1. The van der Waals surface area contributed by atoms with Crippen molar-refractivity contribution < 1.29 is 63.0 Å². The number of benzene rings is 2. The molecule has 0 unspecified atom stereocenters. The maximum Gasteiger partial charge on any atom is 0.326 e. The lowest BCUT2D eigenvalue weighted by Crippen LogP contribution is -2.61. The highest BCUT2D eigenvalue weighted by atomic mass is 16.4. The first-order valence-electron chi connectivity index (χ1n) is 34.9. The van der Waals surface area contributed by atoms with Gasteiger partial charge in [-0.1, -0.05) is 88.7 Å². The summed E-state index contributed by atoms with van der Waals surface area (Å²) in [5.41, 5.74) is 40.6. The molecule has 570 valence electrons. The number of phenols is 1. The number of nitrogens with one attached hydrogen (secondary N) is 9. The highest BCUT2D eigenvalue weighted by Crippen LogP contribution is 2.22. The van der Waals surface area contributed by atoms with Crippen LogP contribution in [0, 0.1) is 11.8 Å². The Labute approximate surface area is 602 Å². The molecule has 25 N–H and O–H groups in total. The molecular weight excluding hydrogens is 1330 g/mol. The zero-order valence-electron chi connectivity index (χ0n) is 59.7. The molecule has 10 amide bonds. The molecule has 0 aliphatic carbocycles. The minimum atomic E-state index is -1.45. The van der Waals surface area contributed by atoms with Crippen molar-refractivity contribution in [2.75, 3.05) is 58.9 Å². The topological polar surface area (TPSA) is 562 Å². The maximum absolute atomic E-state index is 14.8. The fourth-order valence-electron chi connectivity index (χ4n) is 11.3. The lowest BCUT2D eigenvalue weighted by molar-refractivity contribution is -0.145. The number of carboxylic acids is 1. The third kappa shape index (κ3) is 32.9. The molecule has 0 aromatic heterocycles. The minimum absolute atomic E-state index is 0.00404. The number of nitrogens with two attached hydrogens (primary N) is 7. The van der Waals surface area contributed by atoms with Gasteiger partial charge in [0.15, 0.2) is 17.9 Å². The van der Waals surface area contributed by atoms with Crippen LogP contribution in [0.5, 0.6) is 5.75 Å². The summed E-state index contributed by atoms with van der Waals surface area (Å²) in [6, 6.07) is 3.61. The first-order valence-corrected chi connectivity index (χ1v) is 34.9. The van der Waals surface area contributed by atoms with E-state index >= 15 is 0 Å². The summed E-state index contributed by atoms with van der Waals surface area (Å²) >= 11 is 0. The smallest absolute Gasteiger partial charge is 0.326 e. The van der Waals surface area contributed by atoms with E-state index in [1.165, 1.54) is 17.0 Å². The van der Waals surface area contributed by atoms with Crippen LogP contribution < -0.4 is 88.0 Å². The summed E-state index contributed by atoms with van der Waals surface area (Å²) in [5.74, 6) is -10.4. The van der Waals surface area contributed by atoms with Crippen molar-refractivity contribution in [2.45, 2.75) is 178 Å². The molecule has 103 heavy (non-hydrogen) atoms. The van der Waals surface area contributed by atoms with Gasteiger partial charge in [-0.05, 0) is 125 Å². The molecule has 2 aromatic carbocycles. The van der Waals surface area contributed by atoms with Crippen molar-refractivity contribution in [3.63, 3.8) is 0 Å². The fraction of sp³-hybridized carbons (Fsp3) is 0.565. The SMILES string of the molecule is C=CCN(CC=C)[C@@H](Cc1ccc(O)cc1)C(=O)NCC(=O)NCC(=O)N[C@@H](Cc1ccccc1)C(=O)N[C@@H](CC(C)C)C(=O)N[C@@H](CCCN=C(N)N)C(=O)N[C@@H](CCCN=C(N)N)C(=O)N[C@H](C(=O)N[C@@H](CCCN=C(N)N)C(=O)N1CCC[C@H]1C(=O)N[C@@H](CCCCN)C(=O)O)[C@@H](C)CC. The molecule has 34 nitrogen and oxygen atoms in total. The van der Waals surface area contributed by atoms with Gasteiger partial charge >= 0.3 is 5.97 Å². The summed E-state index contributed by atoms with van der Waals surface area (Å²) in [6.07, 6.45) is 5.41. The standard InChI is InChI=1S/C69H111N21O13/c1-7-34-89(35-8-2)54(39-45-26-28-46(91)29-27-45)62(98)81-40-55(92)80-41-56(93)82-52(38-44-19-11-10-12-20-44)61(97)87-51(37-42(4)5)60(96)84-47(22-15-31-77-67(71)72)58(94)83-48(23-16-32-78-68(73)74)59(95)88-57(43(6)9-3)64(100)85-49(24-17-33-79-69(75)76)65(101)90-36-18-25-53(90)63(99)86-50(66(102)103)21-13-14-30-70/h7-8,10-12,19-20,26-29,42-43,47-54,57,91H,1-2,9,13-18,21-25,30-41,70H2,3-6H3,(H,80,92)(H,81,98)(H,82,93)(H,83,94)(H,84,96)(H,85,100)(H,86,99)(H,87,97)(H,88,95)(H,102,103)(H4,71,72,77)(H4,73,74,78)(H4,75,76,79)/t43-,47-,48-,49-,50-,51-,52-,53-,54-,57-/m0/s1. The van der Waals surface area contributed by atoms with Crippen LogP contribution in [0.25, 0.3) is 0 Å². The van der Waals surface area contributed by atoms with E-state index in [9.17, 15) is 63.0 Å². The number of guanidine groups is 3. The Kier molecular flexibility index (Phi) is 39.6. The van der Waals surface area contributed by atoms with E-state index in [0.29, 0.717) is 50.9 Å². The summed E-state index contributed by atoms with van der Waals surface area (Å²) in [7, 11) is 0. The third-order valence-corrected chi connectivity index (χ3v) is 16.9. The van der Waals surface area contributed by atoms with Gasteiger partial charge in [-0.25, -0.2) is 4.79 Å². The molecule has 0 saturated carbocycles. The van der Waals surface area contributed by atoms with Gasteiger partial charge in [-0.2, -0.15) is 0 Å². The molecule has 1 fully saturated rings. The number of hydrogen-bond acceptors (Lipinski definition) is 17. The monoisotopic (exact) mass is 1440 g/mol. The summed E-state index contributed by atoms with van der Waals surface area (Å²) in [4.78, 5) is 170. The molecular formula is C69H111N21O13. The van der Waals surface area contributed by atoms with E-state index < -0.39 is 138 Å². The van der Waals surface area contributed by atoms with Crippen molar-refractivity contribution in [3.8, 4) is 5.75 Å². The predicted octanol–water partition coefficient (Wildman–Crippen LogP) is -2.70. The largest absolute Gasteiger partial charge is 0.508 e. The molecule has 0 spiro atoms. The van der Waals surface area contributed by atoms with E-state index in [-0.39, 0.29) is 126 Å². The Morgan fingerprint density at radius 2 is 1.07 bits per heavy atom. The normalized spacial score (nSPS) is 15.1. The average molecular weight is 1440 g/mol. The van der Waals surface area contributed by atoms with Crippen LogP contribution >= 0.6 is 0 Å². The Morgan fingerprint density at radius 1 is 0.573 bits per heavy atom. The molecule has 10 atom stereocenters. The Morgan fingerprint density at radius 3 is 1.59 bits per heavy atom. The fourth-order valence-corrected chi connectivity index (χ4v) is 11.3. The van der Waals surface area contributed by atoms with Crippen LogP contribution in [0.2, 0.25) is 0 Å². The highest BCUT2D eigenvalue weighted by Gasteiger charge is 2.41. The second-order valence-electron chi connectivity index (χ2n) is 25.7. The number of carbonyl (C=O) groups excluding carboxylic acids is 10. The number of likely N-dealkylation sites (tertiary alicyclic amines) is 1. The van der Waals surface area contributed by atoms with Crippen LogP contribution in [0.4, 0.5) is 0 Å². The molecule has 0 radical (unpaired) electrons. The van der Waals surface area contributed by atoms with Crippen LogP contribution in [0.3, 0.4) is 0 Å². The number of amides is 10. The van der Waals surface area contributed by atoms with Crippen molar-refractivity contribution >= 4 is 82.9 Å². The van der Waals surface area contributed by atoms with E-state index in [1.807, 2.05) is 0 Å². The summed E-state index contributed by atoms with van der Waals surface area (Å²) in [6.45, 7) is 14.5. The van der Waals surface area contributed by atoms with E-state index in [2.05, 4.69) is 76.0 Å². The number of rotatable bonds is 49. The van der Waals surface area contributed by atoms with Crippen LogP contribution in [0.15, 0.2) is 94.9 Å². The molecule has 2 aromatic rings. The van der Waals surface area contributed by atoms with E-state index in [4.69, 9.17) is 40.1 Å². The second kappa shape index (κ2) is 46.9. The van der Waals surface area contributed by atoms with E-state index in [0.717, 1.165) is 5.56 Å². The quantitative estimate of drug-likeness (QED) is 0.0139. The Balaban J connectivity index is 1.94. The highest BCUT2D eigenvalue weighted by molar-refractivity contribution is 5.99. The van der Waals surface area contributed by atoms with Gasteiger partial charge in [-0.15, -0.1) is 13.2 Å². The van der Waals surface area contributed by atoms with Gasteiger partial charge in [0.05, 0.1) is 19.1 Å². The summed E-state index contributed by atoms with van der Waals surface area (Å²) in [5, 5.41) is 43.8. The first-order chi connectivity index (χ1) is 49.0. The van der Waals surface area contributed by atoms with Crippen molar-refractivity contribution in [2.24, 2.45) is 66.9 Å². The summed E-state index contributed by atoms with van der Waals surface area (Å²) < 4.78 is 0. The van der Waals surface area contributed by atoms with Crippen molar-refractivity contribution in [1.82, 2.24) is 57.7 Å². The number of carboxylic acid groups (broad SMARTS) is 1. The molecule has 0 bridgehead atoms. The molecule has 3 rings (SSSR count). The minimum Gasteiger partial charge on any atom is -0.508 e. The predicted molar refractivity (Wildman–Crippen MR) is 391 cm³/mol. The Hall–Kier alpha value is -10.4. The van der Waals surface area contributed by atoms with Crippen molar-refractivity contribution in [1.29, 1.82) is 0 Å². The number of phenolic OH excluding ortho intramolecular Hbond substituents is 1. The van der Waals surface area contributed by atoms with Gasteiger partial charge in [0.2, 0.25) is 59.1 Å². The lowest BCUT2D eigenvalue weighted by atomic mass is 9.96. The van der Waals surface area contributed by atoms with Gasteiger partial charge in [-0.3, -0.25) is 67.8 Å². The van der Waals surface area contributed by atoms with E-state index in [1.54, 1.807) is 87.2 Å². The van der Waals surface area contributed by atoms with Gasteiger partial charge in [0.1, 0.15) is 54.1 Å². The Bertz CT molecular complexity index is 3190. The molecule has 1 aliphatic rings. The lowest BCUT2D eigenvalue weighted by Gasteiger charge is -2.32. The molecule has 1 saturated heterocycles. The number of carbonyl (C=O) groups is 11. The molecule has 1 heterocycles. The number of nitrogens with zero attached hydrogens (tertiary/aromatic N) is 5. The van der Waals surface area contributed by atoms with Gasteiger partial charge in [0.25, 0.3) is 0 Å². The number of aromatic hydroxyl groups is 1. The molecule has 34 heteroatoms. The van der Waals surface area contributed by atoms with Gasteiger partial charge in [0, 0.05) is 45.7 Å². The number of hydrogen-bond donors (Lipinski definition) is 18. The second-order valence-corrected chi connectivity index (χ2v) is 25.7. The van der Waals surface area contributed by atoms with Crippen LogP contribution in [-0.2, 0) is 65.6 Å². The maximum atomic E-state index is 14.8.